The summed E-state index contributed by atoms with van der Waals surface area (Å²) in [5, 5.41) is 0.841. The van der Waals surface area contributed by atoms with Crippen LogP contribution in [0.2, 0.25) is 0 Å². The molecule has 1 atom stereocenters. The molecule has 0 aliphatic heterocycles. The number of hydrogen-bond acceptors (Lipinski definition) is 3. The van der Waals surface area contributed by atoms with Gasteiger partial charge in [-0.2, -0.15) is 0 Å². The maximum absolute atomic E-state index is 12.6. The Morgan fingerprint density at radius 3 is 2.69 bits per heavy atom. The van der Waals surface area contributed by atoms with Crippen LogP contribution in [0.25, 0.3) is 10.2 Å². The molecule has 4 rings (SSSR count). The number of hydrogen-bond donors (Lipinski definition) is 2. The Morgan fingerprint density at radius 1 is 1.19 bits per heavy atom. The van der Waals surface area contributed by atoms with Gasteiger partial charge in [0.05, 0.1) is 12.4 Å². The minimum absolute atomic E-state index is 0.0403. The molecule has 0 amide bonds. The molecule has 0 saturated heterocycles. The zero-order valence-corrected chi connectivity index (χ0v) is 16.5. The summed E-state index contributed by atoms with van der Waals surface area (Å²) in [5.74, 6) is 1.35. The van der Waals surface area contributed by atoms with Gasteiger partial charge in [-0.1, -0.05) is 38.1 Å². The van der Waals surface area contributed by atoms with Crippen LogP contribution in [0.4, 0.5) is 0 Å². The van der Waals surface area contributed by atoms with Gasteiger partial charge in [0.15, 0.2) is 5.82 Å². The number of H-pyrrole nitrogens is 1. The summed E-state index contributed by atoms with van der Waals surface area (Å²) in [6, 6.07) is 8.85. The summed E-state index contributed by atoms with van der Waals surface area (Å²) in [7, 11) is 2.15. The molecule has 2 aromatic heterocycles. The summed E-state index contributed by atoms with van der Waals surface area (Å²) in [6.07, 6.45) is 3.29. The van der Waals surface area contributed by atoms with E-state index in [1.54, 1.807) is 11.3 Å². The van der Waals surface area contributed by atoms with E-state index in [0.29, 0.717) is 5.92 Å². The number of aromatic nitrogens is 2. The molecule has 1 aromatic carbocycles. The van der Waals surface area contributed by atoms with Gasteiger partial charge in [-0.3, -0.25) is 4.79 Å². The number of nitrogens with zero attached hydrogens (tertiary/aromatic N) is 1. The van der Waals surface area contributed by atoms with Crippen molar-refractivity contribution in [3.8, 4) is 0 Å². The molecule has 136 valence electrons. The molecule has 3 aromatic rings. The molecule has 5 heteroatoms. The Labute approximate surface area is 157 Å². The average Bonchev–Trinajstić information content (AvgIpc) is 3.15. The Morgan fingerprint density at radius 2 is 1.96 bits per heavy atom. The van der Waals surface area contributed by atoms with Crippen LogP contribution in [-0.2, 0) is 25.9 Å². The average molecular weight is 369 g/mol. The molecule has 26 heavy (non-hydrogen) atoms. The highest BCUT2D eigenvalue weighted by Crippen LogP contribution is 2.34. The predicted octanol–water partition coefficient (Wildman–Crippen LogP) is 2.81. The Hall–Kier alpha value is -1.98. The number of fused-ring (bicyclic) bond motifs is 3. The van der Waals surface area contributed by atoms with Crippen molar-refractivity contribution in [3.63, 3.8) is 0 Å². The standard InChI is InChI=1S/C21H25N3OS/c1-13(2)15-9-7-14(8-10-15)11-24(3)12-18-22-20(25)19-16-5-4-6-17(16)26-21(19)23-18/h7-10,13H,4-6,11-12H2,1-3H3,(H,22,23,25)/p+1. The lowest BCUT2D eigenvalue weighted by atomic mass is 10.0. The molecule has 2 N–H and O–H groups in total. The quantitative estimate of drug-likeness (QED) is 0.728. The summed E-state index contributed by atoms with van der Waals surface area (Å²) in [6.45, 7) is 6.07. The van der Waals surface area contributed by atoms with Gasteiger partial charge in [0.2, 0.25) is 0 Å². The molecule has 0 bridgehead atoms. The number of thiophene rings is 1. The number of aryl methyl sites for hydroxylation is 2. The van der Waals surface area contributed by atoms with E-state index in [0.717, 1.165) is 42.0 Å². The van der Waals surface area contributed by atoms with E-state index >= 15 is 0 Å². The van der Waals surface area contributed by atoms with Crippen LogP contribution in [-0.4, -0.2) is 17.0 Å². The lowest BCUT2D eigenvalue weighted by molar-refractivity contribution is -0.908. The van der Waals surface area contributed by atoms with Gasteiger partial charge in [0, 0.05) is 10.4 Å². The predicted molar refractivity (Wildman–Crippen MR) is 107 cm³/mol. The third kappa shape index (κ3) is 3.33. The van der Waals surface area contributed by atoms with E-state index in [2.05, 4.69) is 50.1 Å². The van der Waals surface area contributed by atoms with E-state index in [9.17, 15) is 4.79 Å². The number of rotatable bonds is 5. The Kier molecular flexibility index (Phi) is 4.67. The Balaban J connectivity index is 1.50. The molecule has 0 spiro atoms. The van der Waals surface area contributed by atoms with Crippen molar-refractivity contribution in [1.82, 2.24) is 9.97 Å². The normalized spacial score (nSPS) is 14.9. The summed E-state index contributed by atoms with van der Waals surface area (Å²) >= 11 is 1.71. The molecule has 0 radical (unpaired) electrons. The van der Waals surface area contributed by atoms with Crippen LogP contribution in [0.5, 0.6) is 0 Å². The van der Waals surface area contributed by atoms with Crippen molar-refractivity contribution in [2.24, 2.45) is 0 Å². The van der Waals surface area contributed by atoms with Gasteiger partial charge in [-0.25, -0.2) is 4.98 Å². The maximum atomic E-state index is 12.6. The smallest absolute Gasteiger partial charge is 0.260 e. The lowest BCUT2D eigenvalue weighted by Crippen LogP contribution is -3.06. The van der Waals surface area contributed by atoms with Crippen molar-refractivity contribution < 1.29 is 4.90 Å². The van der Waals surface area contributed by atoms with E-state index in [1.165, 1.54) is 32.9 Å². The fourth-order valence-corrected chi connectivity index (χ4v) is 5.13. The van der Waals surface area contributed by atoms with Crippen molar-refractivity contribution in [2.45, 2.75) is 52.1 Å². The summed E-state index contributed by atoms with van der Waals surface area (Å²) in [4.78, 5) is 23.9. The van der Waals surface area contributed by atoms with Crippen LogP contribution in [0.3, 0.4) is 0 Å². The highest BCUT2D eigenvalue weighted by molar-refractivity contribution is 7.18. The van der Waals surface area contributed by atoms with Gasteiger partial charge in [-0.15, -0.1) is 11.3 Å². The minimum Gasteiger partial charge on any atom is -0.327 e. The maximum Gasteiger partial charge on any atom is 0.260 e. The number of aromatic amines is 1. The third-order valence-corrected chi connectivity index (χ3v) is 6.43. The molecular weight excluding hydrogens is 342 g/mol. The van der Waals surface area contributed by atoms with Crippen LogP contribution in [0.15, 0.2) is 29.1 Å². The highest BCUT2D eigenvalue weighted by Gasteiger charge is 2.21. The van der Waals surface area contributed by atoms with Crippen LogP contribution >= 0.6 is 11.3 Å². The molecule has 0 fully saturated rings. The summed E-state index contributed by atoms with van der Waals surface area (Å²) in [5.41, 5.74) is 3.97. The van der Waals surface area contributed by atoms with Crippen molar-refractivity contribution in [3.05, 3.63) is 62.0 Å². The largest absolute Gasteiger partial charge is 0.327 e. The molecule has 2 heterocycles. The number of nitrogens with one attached hydrogen (secondary N) is 2. The SMILES string of the molecule is CC(C)c1ccc(C[NH+](C)Cc2nc3sc4c(c3c(=O)[nH]2)CCC4)cc1. The van der Waals surface area contributed by atoms with E-state index in [-0.39, 0.29) is 5.56 Å². The van der Waals surface area contributed by atoms with E-state index < -0.39 is 0 Å². The fourth-order valence-electron chi connectivity index (χ4n) is 3.85. The number of quaternary nitrogens is 1. The van der Waals surface area contributed by atoms with Crippen molar-refractivity contribution in [1.29, 1.82) is 0 Å². The van der Waals surface area contributed by atoms with E-state index in [4.69, 9.17) is 4.98 Å². The van der Waals surface area contributed by atoms with Crippen molar-refractivity contribution in [2.75, 3.05) is 7.05 Å². The highest BCUT2D eigenvalue weighted by atomic mass is 32.1. The van der Waals surface area contributed by atoms with Gasteiger partial charge >= 0.3 is 0 Å². The first-order chi connectivity index (χ1) is 12.5. The zero-order chi connectivity index (χ0) is 18.3. The first-order valence-electron chi connectivity index (χ1n) is 9.45. The molecule has 1 aliphatic carbocycles. The van der Waals surface area contributed by atoms with Crippen molar-refractivity contribution >= 4 is 21.6 Å². The third-order valence-electron chi connectivity index (χ3n) is 5.25. The molecular formula is C21H26N3OS+. The monoisotopic (exact) mass is 368 g/mol. The molecule has 1 aliphatic rings. The van der Waals surface area contributed by atoms with Gasteiger partial charge in [0.1, 0.15) is 17.9 Å². The van der Waals surface area contributed by atoms with Crippen LogP contribution in [0, 0.1) is 0 Å². The topological polar surface area (TPSA) is 50.2 Å². The second-order valence-corrected chi connectivity index (χ2v) is 8.84. The summed E-state index contributed by atoms with van der Waals surface area (Å²) < 4.78 is 0. The minimum atomic E-state index is 0.0403. The van der Waals surface area contributed by atoms with Crippen LogP contribution in [0.1, 0.15) is 53.6 Å². The second-order valence-electron chi connectivity index (χ2n) is 7.76. The van der Waals surface area contributed by atoms with Crippen LogP contribution < -0.4 is 10.5 Å². The van der Waals surface area contributed by atoms with Gasteiger partial charge < -0.3 is 9.88 Å². The second kappa shape index (κ2) is 6.97. The molecule has 4 nitrogen and oxygen atoms in total. The number of benzene rings is 1. The zero-order valence-electron chi connectivity index (χ0n) is 15.7. The van der Waals surface area contributed by atoms with E-state index in [1.807, 2.05) is 0 Å². The fraction of sp³-hybridized carbons (Fsp3) is 0.429. The Bertz CT molecular complexity index is 985. The van der Waals surface area contributed by atoms with Gasteiger partial charge in [-0.05, 0) is 36.3 Å². The first-order valence-corrected chi connectivity index (χ1v) is 10.3. The molecule has 1 unspecified atom stereocenters. The first kappa shape index (κ1) is 17.4. The molecule has 0 saturated carbocycles. The lowest BCUT2D eigenvalue weighted by Gasteiger charge is -2.14. The van der Waals surface area contributed by atoms with Gasteiger partial charge in [0.25, 0.3) is 5.56 Å².